The molecule has 0 fully saturated rings. The number of hydrogen-bond donors (Lipinski definition) is 0. The van der Waals surface area contributed by atoms with Crippen LogP contribution < -0.4 is 5.56 Å². The summed E-state index contributed by atoms with van der Waals surface area (Å²) in [5, 5.41) is 8.86. The molecule has 2 aromatic heterocycles. The first-order valence-electron chi connectivity index (χ1n) is 7.26. The molecule has 5 heteroatoms. The van der Waals surface area contributed by atoms with Crippen molar-refractivity contribution in [2.45, 2.75) is 13.5 Å². The minimum Gasteiger partial charge on any atom is -0.327 e. The van der Waals surface area contributed by atoms with E-state index in [2.05, 4.69) is 11.1 Å². The van der Waals surface area contributed by atoms with Crippen molar-refractivity contribution in [2.24, 2.45) is 7.05 Å². The maximum Gasteiger partial charge on any atom is 0.253 e. The predicted octanol–water partition coefficient (Wildman–Crippen LogP) is 2.48. The van der Waals surface area contributed by atoms with E-state index in [0.717, 1.165) is 17.0 Å². The molecule has 0 radical (unpaired) electrons. The van der Waals surface area contributed by atoms with Gasteiger partial charge in [-0.3, -0.25) is 4.79 Å². The second kappa shape index (κ2) is 5.93. The Kier molecular flexibility index (Phi) is 3.82. The molecule has 0 saturated carbocycles. The van der Waals surface area contributed by atoms with Gasteiger partial charge in [0, 0.05) is 43.3 Å². The van der Waals surface area contributed by atoms with Crippen LogP contribution in [0.5, 0.6) is 0 Å². The summed E-state index contributed by atoms with van der Waals surface area (Å²) >= 11 is 0. The fourth-order valence-corrected chi connectivity index (χ4v) is 2.58. The van der Waals surface area contributed by atoms with Crippen LogP contribution in [0.25, 0.3) is 11.4 Å². The van der Waals surface area contributed by atoms with Gasteiger partial charge in [-0.1, -0.05) is 12.1 Å². The zero-order valence-corrected chi connectivity index (χ0v) is 13.0. The first-order chi connectivity index (χ1) is 11.1. The number of imidazole rings is 1. The van der Waals surface area contributed by atoms with Gasteiger partial charge < -0.3 is 9.13 Å². The van der Waals surface area contributed by atoms with E-state index in [1.165, 1.54) is 0 Å². The minimum absolute atomic E-state index is 0.000974. The van der Waals surface area contributed by atoms with Crippen LogP contribution in [0.2, 0.25) is 0 Å². The molecule has 0 unspecified atom stereocenters. The fraction of sp³-hybridized carbons (Fsp3) is 0.167. The van der Waals surface area contributed by atoms with Gasteiger partial charge in [-0.15, -0.1) is 0 Å². The molecular formula is C18H16N4O. The molecule has 23 heavy (non-hydrogen) atoms. The highest BCUT2D eigenvalue weighted by molar-refractivity contribution is 5.55. The van der Waals surface area contributed by atoms with Crippen molar-refractivity contribution in [3.8, 4) is 17.5 Å². The highest BCUT2D eigenvalue weighted by Crippen LogP contribution is 2.18. The van der Waals surface area contributed by atoms with Gasteiger partial charge in [0.2, 0.25) is 0 Å². The van der Waals surface area contributed by atoms with E-state index in [1.54, 1.807) is 30.9 Å². The van der Waals surface area contributed by atoms with Crippen LogP contribution in [0.1, 0.15) is 16.7 Å². The van der Waals surface area contributed by atoms with Gasteiger partial charge in [0.25, 0.3) is 5.56 Å². The van der Waals surface area contributed by atoms with Crippen molar-refractivity contribution in [1.29, 1.82) is 5.26 Å². The first kappa shape index (κ1) is 14.8. The molecule has 0 aliphatic heterocycles. The Labute approximate surface area is 134 Å². The Morgan fingerprint density at radius 3 is 2.65 bits per heavy atom. The summed E-state index contributed by atoms with van der Waals surface area (Å²) in [6, 6.07) is 11.5. The molecule has 2 heterocycles. The maximum absolute atomic E-state index is 11.8. The normalized spacial score (nSPS) is 10.5. The van der Waals surface area contributed by atoms with Gasteiger partial charge in [0.15, 0.2) is 0 Å². The Morgan fingerprint density at radius 1 is 1.26 bits per heavy atom. The highest BCUT2D eigenvalue weighted by atomic mass is 16.1. The van der Waals surface area contributed by atoms with Crippen molar-refractivity contribution in [1.82, 2.24) is 14.1 Å². The maximum atomic E-state index is 11.8. The molecule has 5 nitrogen and oxygen atoms in total. The van der Waals surface area contributed by atoms with Crippen LogP contribution in [0.15, 0.2) is 53.7 Å². The highest BCUT2D eigenvalue weighted by Gasteiger charge is 2.09. The molecule has 0 atom stereocenters. The lowest BCUT2D eigenvalue weighted by Crippen LogP contribution is -2.18. The molecule has 3 aromatic rings. The third-order valence-corrected chi connectivity index (χ3v) is 3.77. The van der Waals surface area contributed by atoms with E-state index in [-0.39, 0.29) is 5.56 Å². The summed E-state index contributed by atoms with van der Waals surface area (Å²) in [4.78, 5) is 16.3. The zero-order chi connectivity index (χ0) is 16.4. The van der Waals surface area contributed by atoms with Gasteiger partial charge in [-0.25, -0.2) is 4.98 Å². The molecular weight excluding hydrogens is 288 g/mol. The van der Waals surface area contributed by atoms with Gasteiger partial charge in [-0.05, 0) is 30.7 Å². The number of rotatable bonds is 3. The molecule has 0 amide bonds. The zero-order valence-electron chi connectivity index (χ0n) is 13.0. The Bertz CT molecular complexity index is 916. The topological polar surface area (TPSA) is 63.6 Å². The van der Waals surface area contributed by atoms with E-state index in [4.69, 9.17) is 5.26 Å². The SMILES string of the molecule is Cc1cc(-c2nccn2Cc2ccc(C#N)cc2)cn(C)c1=O. The fourth-order valence-electron chi connectivity index (χ4n) is 2.58. The molecule has 114 valence electrons. The second-order valence-corrected chi connectivity index (χ2v) is 5.52. The van der Waals surface area contributed by atoms with Gasteiger partial charge in [0.1, 0.15) is 5.82 Å². The van der Waals surface area contributed by atoms with Crippen LogP contribution >= 0.6 is 0 Å². The summed E-state index contributed by atoms with van der Waals surface area (Å²) in [5.41, 5.74) is 3.33. The molecule has 0 saturated heterocycles. The van der Waals surface area contributed by atoms with Crippen LogP contribution in [0.4, 0.5) is 0 Å². The third-order valence-electron chi connectivity index (χ3n) is 3.77. The number of nitrogens with zero attached hydrogens (tertiary/aromatic N) is 4. The van der Waals surface area contributed by atoms with E-state index in [1.807, 2.05) is 41.1 Å². The molecule has 0 aliphatic carbocycles. The van der Waals surface area contributed by atoms with Crippen molar-refractivity contribution in [2.75, 3.05) is 0 Å². The van der Waals surface area contributed by atoms with Crippen LogP contribution in [0.3, 0.4) is 0 Å². The van der Waals surface area contributed by atoms with E-state index >= 15 is 0 Å². The number of nitriles is 1. The lowest BCUT2D eigenvalue weighted by molar-refractivity contribution is 0.798. The van der Waals surface area contributed by atoms with E-state index in [0.29, 0.717) is 17.7 Å². The van der Waals surface area contributed by atoms with Crippen LogP contribution in [-0.2, 0) is 13.6 Å². The van der Waals surface area contributed by atoms with E-state index in [9.17, 15) is 4.79 Å². The van der Waals surface area contributed by atoms with Crippen molar-refractivity contribution >= 4 is 0 Å². The molecule has 0 aliphatic rings. The number of benzene rings is 1. The molecule has 0 N–H and O–H groups in total. The average Bonchev–Trinajstić information content (AvgIpc) is 3.01. The van der Waals surface area contributed by atoms with Crippen molar-refractivity contribution in [3.05, 3.63) is 76.0 Å². The second-order valence-electron chi connectivity index (χ2n) is 5.52. The lowest BCUT2D eigenvalue weighted by Gasteiger charge is -2.10. The lowest BCUT2D eigenvalue weighted by atomic mass is 10.1. The minimum atomic E-state index is -0.000974. The average molecular weight is 304 g/mol. The smallest absolute Gasteiger partial charge is 0.253 e. The van der Waals surface area contributed by atoms with Gasteiger partial charge >= 0.3 is 0 Å². The summed E-state index contributed by atoms with van der Waals surface area (Å²) in [6.45, 7) is 2.46. The Balaban J connectivity index is 1.96. The van der Waals surface area contributed by atoms with Crippen LogP contribution in [0, 0.1) is 18.3 Å². The van der Waals surface area contributed by atoms with Gasteiger partial charge in [-0.2, -0.15) is 5.26 Å². The predicted molar refractivity (Wildman–Crippen MR) is 87.9 cm³/mol. The first-order valence-corrected chi connectivity index (χ1v) is 7.26. The molecule has 3 rings (SSSR count). The monoisotopic (exact) mass is 304 g/mol. The molecule has 1 aromatic carbocycles. The number of pyridine rings is 1. The Hall–Kier alpha value is -3.13. The van der Waals surface area contributed by atoms with Crippen molar-refractivity contribution in [3.63, 3.8) is 0 Å². The largest absolute Gasteiger partial charge is 0.327 e. The third kappa shape index (κ3) is 2.92. The van der Waals surface area contributed by atoms with Gasteiger partial charge in [0.05, 0.1) is 11.6 Å². The summed E-state index contributed by atoms with van der Waals surface area (Å²) < 4.78 is 3.60. The standard InChI is InChI=1S/C18H16N4O/c1-13-9-16(12-21(2)18(13)23)17-20-7-8-22(17)11-15-5-3-14(10-19)4-6-15/h3-9,12H,11H2,1-2H3. The number of aryl methyl sites for hydroxylation is 2. The molecule has 0 spiro atoms. The number of hydrogen-bond acceptors (Lipinski definition) is 3. The quantitative estimate of drug-likeness (QED) is 0.746. The van der Waals surface area contributed by atoms with Crippen molar-refractivity contribution < 1.29 is 0 Å². The Morgan fingerprint density at radius 2 is 2.00 bits per heavy atom. The molecule has 0 bridgehead atoms. The van der Waals surface area contributed by atoms with Crippen LogP contribution in [-0.4, -0.2) is 14.1 Å². The van der Waals surface area contributed by atoms with E-state index < -0.39 is 0 Å². The summed E-state index contributed by atoms with van der Waals surface area (Å²) in [7, 11) is 1.74. The summed E-state index contributed by atoms with van der Waals surface area (Å²) in [6.07, 6.45) is 5.46. The summed E-state index contributed by atoms with van der Waals surface area (Å²) in [5.74, 6) is 0.813. The number of aromatic nitrogens is 3.